The lowest BCUT2D eigenvalue weighted by Gasteiger charge is -2.14. The quantitative estimate of drug-likeness (QED) is 0.874. The lowest BCUT2D eigenvalue weighted by molar-refractivity contribution is -0.121. The first-order chi connectivity index (χ1) is 9.22. The topological polar surface area (TPSA) is 66.9 Å². The zero-order valence-corrected chi connectivity index (χ0v) is 10.8. The molecule has 98 valence electrons. The number of nitrogens with one attached hydrogen (secondary N) is 2. The smallest absolute Gasteiger partial charge is 0.242 e. The molecule has 1 aromatic heterocycles. The third-order valence-electron chi connectivity index (χ3n) is 3.13. The number of carbonyl (C=O) groups excluding carboxylic acids is 1. The van der Waals surface area contributed by atoms with Gasteiger partial charge in [0.1, 0.15) is 11.9 Å². The molecular formula is C14H16N4O. The molecule has 1 aromatic carbocycles. The van der Waals surface area contributed by atoms with Gasteiger partial charge in [0.25, 0.3) is 0 Å². The van der Waals surface area contributed by atoms with Gasteiger partial charge in [0.05, 0.1) is 17.2 Å². The first-order valence-corrected chi connectivity index (χ1v) is 6.51. The number of hydrogen-bond donors (Lipinski definition) is 2. The van der Waals surface area contributed by atoms with E-state index in [-0.39, 0.29) is 11.9 Å². The van der Waals surface area contributed by atoms with Gasteiger partial charge in [-0.2, -0.15) is 0 Å². The predicted octanol–water partition coefficient (Wildman–Crippen LogP) is 1.71. The van der Waals surface area contributed by atoms with Crippen LogP contribution in [0.2, 0.25) is 0 Å². The minimum absolute atomic E-state index is 0.0115. The van der Waals surface area contributed by atoms with Crippen molar-refractivity contribution in [1.82, 2.24) is 15.3 Å². The summed E-state index contributed by atoms with van der Waals surface area (Å²) < 4.78 is 0. The number of amides is 1. The van der Waals surface area contributed by atoms with E-state index in [1.807, 2.05) is 31.2 Å². The highest BCUT2D eigenvalue weighted by molar-refractivity contribution is 5.84. The van der Waals surface area contributed by atoms with E-state index < -0.39 is 0 Å². The number of benzene rings is 1. The SMILES string of the molecule is CC(Nc1cnc2ccccc2n1)C(=O)NC1CC1. The number of rotatable bonds is 4. The Morgan fingerprint density at radius 1 is 1.32 bits per heavy atom. The molecule has 1 aliphatic rings. The Balaban J connectivity index is 1.71. The molecule has 0 radical (unpaired) electrons. The van der Waals surface area contributed by atoms with Crippen molar-refractivity contribution in [2.45, 2.75) is 31.8 Å². The zero-order chi connectivity index (χ0) is 13.2. The maximum Gasteiger partial charge on any atom is 0.242 e. The highest BCUT2D eigenvalue weighted by Crippen LogP contribution is 2.19. The van der Waals surface area contributed by atoms with Crippen LogP contribution >= 0.6 is 0 Å². The summed E-state index contributed by atoms with van der Waals surface area (Å²) in [5, 5.41) is 6.04. The van der Waals surface area contributed by atoms with Crippen molar-refractivity contribution in [3.8, 4) is 0 Å². The summed E-state index contributed by atoms with van der Waals surface area (Å²) >= 11 is 0. The number of nitrogens with zero attached hydrogens (tertiary/aromatic N) is 2. The number of fused-ring (bicyclic) bond motifs is 1. The molecule has 5 nitrogen and oxygen atoms in total. The molecule has 1 aliphatic carbocycles. The van der Waals surface area contributed by atoms with E-state index in [9.17, 15) is 4.79 Å². The van der Waals surface area contributed by atoms with Gasteiger partial charge in [-0.05, 0) is 31.9 Å². The van der Waals surface area contributed by atoms with Gasteiger partial charge in [0.15, 0.2) is 0 Å². The summed E-state index contributed by atoms with van der Waals surface area (Å²) in [6, 6.07) is 7.73. The highest BCUT2D eigenvalue weighted by Gasteiger charge is 2.25. The van der Waals surface area contributed by atoms with Gasteiger partial charge in [-0.3, -0.25) is 9.78 Å². The molecule has 0 saturated heterocycles. The lowest BCUT2D eigenvalue weighted by atomic mass is 10.3. The minimum atomic E-state index is -0.309. The summed E-state index contributed by atoms with van der Waals surface area (Å²) in [7, 11) is 0. The summed E-state index contributed by atoms with van der Waals surface area (Å²) in [6.45, 7) is 1.83. The number of hydrogen-bond acceptors (Lipinski definition) is 4. The van der Waals surface area contributed by atoms with Gasteiger partial charge in [-0.15, -0.1) is 0 Å². The Bertz CT molecular complexity index is 609. The van der Waals surface area contributed by atoms with Crippen LogP contribution in [0.25, 0.3) is 11.0 Å². The summed E-state index contributed by atoms with van der Waals surface area (Å²) in [4.78, 5) is 20.6. The Labute approximate surface area is 111 Å². The van der Waals surface area contributed by atoms with E-state index in [0.29, 0.717) is 11.9 Å². The second kappa shape index (κ2) is 4.84. The maximum absolute atomic E-state index is 11.8. The van der Waals surface area contributed by atoms with Crippen molar-refractivity contribution in [2.24, 2.45) is 0 Å². The van der Waals surface area contributed by atoms with Crippen molar-refractivity contribution in [2.75, 3.05) is 5.32 Å². The Kier molecular flexibility index (Phi) is 3.03. The summed E-state index contributed by atoms with van der Waals surface area (Å²) in [5.74, 6) is 0.634. The molecular weight excluding hydrogens is 240 g/mol. The van der Waals surface area contributed by atoms with E-state index in [2.05, 4.69) is 20.6 Å². The molecule has 1 fully saturated rings. The lowest BCUT2D eigenvalue weighted by Crippen LogP contribution is -2.38. The van der Waals surface area contributed by atoms with Crippen LogP contribution in [0.5, 0.6) is 0 Å². The molecule has 19 heavy (non-hydrogen) atoms. The number of anilines is 1. The molecule has 0 bridgehead atoms. The molecule has 5 heteroatoms. The maximum atomic E-state index is 11.8. The molecule has 1 unspecified atom stereocenters. The second-order valence-electron chi connectivity index (χ2n) is 4.89. The zero-order valence-electron chi connectivity index (χ0n) is 10.8. The fourth-order valence-electron chi connectivity index (χ4n) is 1.87. The average Bonchev–Trinajstić information content (AvgIpc) is 3.22. The van der Waals surface area contributed by atoms with Crippen molar-refractivity contribution in [1.29, 1.82) is 0 Å². The van der Waals surface area contributed by atoms with Crippen molar-refractivity contribution in [3.05, 3.63) is 30.5 Å². The fourth-order valence-corrected chi connectivity index (χ4v) is 1.87. The van der Waals surface area contributed by atoms with Gasteiger partial charge in [-0.1, -0.05) is 12.1 Å². The molecule has 1 amide bonds. The first kappa shape index (κ1) is 11.9. The van der Waals surface area contributed by atoms with Crippen LogP contribution in [-0.4, -0.2) is 28.0 Å². The molecule has 0 aliphatic heterocycles. The van der Waals surface area contributed by atoms with Crippen molar-refractivity contribution in [3.63, 3.8) is 0 Å². The van der Waals surface area contributed by atoms with Crippen LogP contribution in [0.15, 0.2) is 30.5 Å². The normalized spacial score (nSPS) is 16.1. The largest absolute Gasteiger partial charge is 0.357 e. The fraction of sp³-hybridized carbons (Fsp3) is 0.357. The van der Waals surface area contributed by atoms with Crippen molar-refractivity contribution >= 4 is 22.8 Å². The highest BCUT2D eigenvalue weighted by atomic mass is 16.2. The van der Waals surface area contributed by atoms with Crippen LogP contribution in [0, 0.1) is 0 Å². The van der Waals surface area contributed by atoms with Gasteiger partial charge < -0.3 is 10.6 Å². The van der Waals surface area contributed by atoms with Crippen molar-refractivity contribution < 1.29 is 4.79 Å². The standard InChI is InChI=1S/C14H16N4O/c1-9(14(19)17-10-6-7-10)16-13-8-15-11-4-2-3-5-12(11)18-13/h2-5,8-10H,6-7H2,1H3,(H,16,18)(H,17,19). The molecule has 2 N–H and O–H groups in total. The number of carbonyl (C=O) groups is 1. The number of para-hydroxylation sites is 2. The molecule has 1 atom stereocenters. The van der Waals surface area contributed by atoms with Crippen LogP contribution in [0.1, 0.15) is 19.8 Å². The average molecular weight is 256 g/mol. The van der Waals surface area contributed by atoms with Crippen LogP contribution in [0.3, 0.4) is 0 Å². The summed E-state index contributed by atoms with van der Waals surface area (Å²) in [5.41, 5.74) is 1.67. The van der Waals surface area contributed by atoms with E-state index >= 15 is 0 Å². The van der Waals surface area contributed by atoms with E-state index in [1.165, 1.54) is 0 Å². The summed E-state index contributed by atoms with van der Waals surface area (Å²) in [6.07, 6.45) is 3.84. The van der Waals surface area contributed by atoms with Crippen LogP contribution in [-0.2, 0) is 4.79 Å². The Morgan fingerprint density at radius 2 is 2.05 bits per heavy atom. The molecule has 3 rings (SSSR count). The van der Waals surface area contributed by atoms with Crippen LogP contribution < -0.4 is 10.6 Å². The first-order valence-electron chi connectivity index (χ1n) is 6.51. The van der Waals surface area contributed by atoms with Gasteiger partial charge in [0, 0.05) is 6.04 Å². The molecule has 1 saturated carbocycles. The molecule has 0 spiro atoms. The van der Waals surface area contributed by atoms with E-state index in [1.54, 1.807) is 6.20 Å². The third kappa shape index (κ3) is 2.81. The Morgan fingerprint density at radius 3 is 2.79 bits per heavy atom. The van der Waals surface area contributed by atoms with Crippen LogP contribution in [0.4, 0.5) is 5.82 Å². The minimum Gasteiger partial charge on any atom is -0.357 e. The van der Waals surface area contributed by atoms with Gasteiger partial charge in [0.2, 0.25) is 5.91 Å². The second-order valence-corrected chi connectivity index (χ2v) is 4.89. The van der Waals surface area contributed by atoms with Gasteiger partial charge >= 0.3 is 0 Å². The molecule has 1 heterocycles. The van der Waals surface area contributed by atoms with Gasteiger partial charge in [-0.25, -0.2) is 4.98 Å². The monoisotopic (exact) mass is 256 g/mol. The predicted molar refractivity (Wildman–Crippen MR) is 73.8 cm³/mol. The number of aromatic nitrogens is 2. The van der Waals surface area contributed by atoms with E-state index in [4.69, 9.17) is 0 Å². The molecule has 2 aromatic rings. The van der Waals surface area contributed by atoms with E-state index in [0.717, 1.165) is 23.9 Å². The Hall–Kier alpha value is -2.17. The third-order valence-corrected chi connectivity index (χ3v) is 3.13.